The van der Waals surface area contributed by atoms with Crippen LogP contribution >= 0.6 is 0 Å². The first-order valence-electron chi connectivity index (χ1n) is 12.4. The molecule has 0 radical (unpaired) electrons. The van der Waals surface area contributed by atoms with Crippen LogP contribution in [0, 0.1) is 45.3 Å². The molecule has 4 aliphatic rings. The standard InChI is InChI=1S/C28H38O4/c1-25(2)17-11-13-27(5,15-17)21(25)23(29)31-19-9-7-8-10-20(19)32-24(30)22-26(3,4)18-12-14-28(22,6)16-18/h7-10,17-18,21-22H,11-16H2,1-6H3. The van der Waals surface area contributed by atoms with E-state index in [9.17, 15) is 9.59 Å². The van der Waals surface area contributed by atoms with Gasteiger partial charge in [0.15, 0.2) is 11.5 Å². The molecule has 4 bridgehead atoms. The Morgan fingerprint density at radius 1 is 0.719 bits per heavy atom. The first kappa shape index (κ1) is 22.0. The van der Waals surface area contributed by atoms with E-state index in [1.54, 1.807) is 12.1 Å². The van der Waals surface area contributed by atoms with E-state index in [0.717, 1.165) is 25.7 Å². The molecule has 4 nitrogen and oxygen atoms in total. The van der Waals surface area contributed by atoms with Crippen molar-refractivity contribution in [3.8, 4) is 11.5 Å². The van der Waals surface area contributed by atoms with E-state index >= 15 is 0 Å². The zero-order valence-electron chi connectivity index (χ0n) is 20.5. The van der Waals surface area contributed by atoms with Gasteiger partial charge in [0, 0.05) is 0 Å². The van der Waals surface area contributed by atoms with Gasteiger partial charge in [0.1, 0.15) is 0 Å². The molecule has 0 saturated heterocycles. The molecule has 1 aromatic rings. The Morgan fingerprint density at radius 2 is 1.09 bits per heavy atom. The molecule has 0 N–H and O–H groups in total. The highest BCUT2D eigenvalue weighted by Gasteiger charge is 2.64. The Labute approximate surface area is 192 Å². The number of ether oxygens (including phenoxy) is 2. The van der Waals surface area contributed by atoms with Gasteiger partial charge in [-0.25, -0.2) is 0 Å². The van der Waals surface area contributed by atoms with E-state index in [4.69, 9.17) is 9.47 Å². The lowest BCUT2D eigenvalue weighted by molar-refractivity contribution is -0.151. The van der Waals surface area contributed by atoms with Gasteiger partial charge in [-0.3, -0.25) is 9.59 Å². The minimum atomic E-state index is -0.185. The van der Waals surface area contributed by atoms with E-state index in [1.807, 2.05) is 12.1 Å². The van der Waals surface area contributed by atoms with Crippen molar-refractivity contribution in [3.63, 3.8) is 0 Å². The van der Waals surface area contributed by atoms with Crippen molar-refractivity contribution >= 4 is 11.9 Å². The van der Waals surface area contributed by atoms with Crippen LogP contribution in [0.5, 0.6) is 11.5 Å². The highest BCUT2D eigenvalue weighted by molar-refractivity contribution is 5.81. The molecule has 0 aromatic heterocycles. The van der Waals surface area contributed by atoms with Crippen molar-refractivity contribution in [1.29, 1.82) is 0 Å². The molecule has 6 atom stereocenters. The molecule has 4 saturated carbocycles. The third kappa shape index (κ3) is 3.00. The lowest BCUT2D eigenvalue weighted by Crippen LogP contribution is -2.43. The molecule has 5 rings (SSSR count). The molecule has 1 aromatic carbocycles. The van der Waals surface area contributed by atoms with Crippen LogP contribution in [0.15, 0.2) is 24.3 Å². The largest absolute Gasteiger partial charge is 0.422 e. The summed E-state index contributed by atoms with van der Waals surface area (Å²) in [5, 5.41) is 0. The van der Waals surface area contributed by atoms with Crippen molar-refractivity contribution in [2.24, 2.45) is 45.3 Å². The fourth-order valence-corrected chi connectivity index (χ4v) is 8.73. The van der Waals surface area contributed by atoms with Crippen LogP contribution < -0.4 is 9.47 Å². The number of para-hydroxylation sites is 2. The predicted octanol–water partition coefficient (Wildman–Crippen LogP) is 6.42. The van der Waals surface area contributed by atoms with Crippen LogP contribution in [-0.2, 0) is 9.59 Å². The maximum atomic E-state index is 13.4. The number of rotatable bonds is 4. The highest BCUT2D eigenvalue weighted by Crippen LogP contribution is 2.67. The monoisotopic (exact) mass is 438 g/mol. The van der Waals surface area contributed by atoms with Crippen molar-refractivity contribution in [2.75, 3.05) is 0 Å². The summed E-state index contributed by atoms with van der Waals surface area (Å²) >= 11 is 0. The maximum absolute atomic E-state index is 13.4. The molecule has 0 spiro atoms. The van der Waals surface area contributed by atoms with Crippen LogP contribution in [0.2, 0.25) is 0 Å². The van der Waals surface area contributed by atoms with Crippen LogP contribution in [0.25, 0.3) is 0 Å². The average molecular weight is 439 g/mol. The summed E-state index contributed by atoms with van der Waals surface area (Å²) in [6.45, 7) is 13.3. The number of hydrogen-bond acceptors (Lipinski definition) is 4. The van der Waals surface area contributed by atoms with Gasteiger partial charge in [-0.05, 0) is 84.2 Å². The maximum Gasteiger partial charge on any atom is 0.315 e. The topological polar surface area (TPSA) is 52.6 Å². The van der Waals surface area contributed by atoms with Gasteiger partial charge in [0.05, 0.1) is 11.8 Å². The van der Waals surface area contributed by atoms with Gasteiger partial charge in [-0.1, -0.05) is 53.7 Å². The quantitative estimate of drug-likeness (QED) is 0.402. The van der Waals surface area contributed by atoms with Crippen LogP contribution in [-0.4, -0.2) is 11.9 Å². The lowest BCUT2D eigenvalue weighted by atomic mass is 9.64. The Balaban J connectivity index is 1.36. The predicted molar refractivity (Wildman–Crippen MR) is 123 cm³/mol. The summed E-state index contributed by atoms with van der Waals surface area (Å²) in [5.74, 6) is 1.21. The minimum Gasteiger partial charge on any atom is -0.422 e. The molecule has 0 aliphatic heterocycles. The molecule has 174 valence electrons. The molecule has 6 unspecified atom stereocenters. The zero-order chi connectivity index (χ0) is 23.1. The normalized spacial score (nSPS) is 40.4. The zero-order valence-corrected chi connectivity index (χ0v) is 20.5. The number of hydrogen-bond donors (Lipinski definition) is 0. The van der Waals surface area contributed by atoms with E-state index < -0.39 is 0 Å². The van der Waals surface area contributed by atoms with Gasteiger partial charge in [-0.15, -0.1) is 0 Å². The van der Waals surface area contributed by atoms with Crippen molar-refractivity contribution in [3.05, 3.63) is 24.3 Å². The number of esters is 2. The smallest absolute Gasteiger partial charge is 0.315 e. The van der Waals surface area contributed by atoms with Gasteiger partial charge >= 0.3 is 11.9 Å². The molecule has 32 heavy (non-hydrogen) atoms. The number of benzene rings is 1. The molecule has 4 aliphatic carbocycles. The Hall–Kier alpha value is -1.84. The molecular weight excluding hydrogens is 400 g/mol. The van der Waals surface area contributed by atoms with Crippen LogP contribution in [0.4, 0.5) is 0 Å². The lowest BCUT2D eigenvalue weighted by Gasteiger charge is -2.41. The van der Waals surface area contributed by atoms with Crippen LogP contribution in [0.3, 0.4) is 0 Å². The second-order valence-corrected chi connectivity index (χ2v) is 13.0. The second kappa shape index (κ2) is 6.84. The fourth-order valence-electron chi connectivity index (χ4n) is 8.73. The Kier molecular flexibility index (Phi) is 4.69. The molecule has 0 amide bonds. The van der Waals surface area contributed by atoms with Crippen molar-refractivity contribution in [2.45, 2.75) is 80.1 Å². The van der Waals surface area contributed by atoms with E-state index in [2.05, 4.69) is 41.5 Å². The minimum absolute atomic E-state index is 0.00142. The first-order valence-corrected chi connectivity index (χ1v) is 12.4. The average Bonchev–Trinajstić information content (AvgIpc) is 3.36. The Morgan fingerprint density at radius 3 is 1.41 bits per heavy atom. The summed E-state index contributed by atoms with van der Waals surface area (Å²) in [6, 6.07) is 7.15. The number of fused-ring (bicyclic) bond motifs is 4. The summed E-state index contributed by atoms with van der Waals surface area (Å²) in [6.07, 6.45) is 6.72. The van der Waals surface area contributed by atoms with Gasteiger partial charge in [0.25, 0.3) is 0 Å². The third-order valence-electron chi connectivity index (χ3n) is 10.3. The van der Waals surface area contributed by atoms with E-state index in [-0.39, 0.29) is 45.4 Å². The molecule has 4 fully saturated rings. The second-order valence-electron chi connectivity index (χ2n) is 13.0. The summed E-state index contributed by atoms with van der Waals surface area (Å²) in [5.41, 5.74) is -0.147. The van der Waals surface area contributed by atoms with Gasteiger partial charge in [-0.2, -0.15) is 0 Å². The number of carbonyl (C=O) groups excluding carboxylic acids is 2. The van der Waals surface area contributed by atoms with Crippen molar-refractivity contribution in [1.82, 2.24) is 0 Å². The SMILES string of the molecule is CC12CCC(C1)C(C)(C)C2C(=O)Oc1ccccc1OC(=O)C1C2(C)CCC(C2)C1(C)C. The number of carbonyl (C=O) groups is 2. The molecule has 0 heterocycles. The molecule has 4 heteroatoms. The molecular formula is C28H38O4. The first-order chi connectivity index (χ1) is 14.9. The van der Waals surface area contributed by atoms with E-state index in [1.165, 1.54) is 12.8 Å². The summed E-state index contributed by atoms with van der Waals surface area (Å²) < 4.78 is 11.9. The third-order valence-corrected chi connectivity index (χ3v) is 10.3. The highest BCUT2D eigenvalue weighted by atomic mass is 16.6. The van der Waals surface area contributed by atoms with Gasteiger partial charge < -0.3 is 9.47 Å². The fraction of sp³-hybridized carbons (Fsp3) is 0.714. The van der Waals surface area contributed by atoms with Gasteiger partial charge in [0.2, 0.25) is 0 Å². The van der Waals surface area contributed by atoms with Crippen LogP contribution in [0.1, 0.15) is 80.1 Å². The van der Waals surface area contributed by atoms with Crippen molar-refractivity contribution < 1.29 is 19.1 Å². The summed E-state index contributed by atoms with van der Waals surface area (Å²) in [4.78, 5) is 26.8. The Bertz CT molecular complexity index is 875. The van der Waals surface area contributed by atoms with E-state index in [0.29, 0.717) is 23.3 Å². The summed E-state index contributed by atoms with van der Waals surface area (Å²) in [7, 11) is 0.